The SMILES string of the molecule is c1ccc(-c2ccccc2-c2ccc(N(c3ccccc3)c3ccc4c5ccccc5n(-c5ccccc5-c5cccc6c5oc5ccccc56)c4c3)c(-c3ccccc3)c2)cc1. The summed E-state index contributed by atoms with van der Waals surface area (Å²) in [5.41, 5.74) is 17.6. The highest BCUT2D eigenvalue weighted by Gasteiger charge is 2.23. The number of fused-ring (bicyclic) bond motifs is 6. The summed E-state index contributed by atoms with van der Waals surface area (Å²) in [5.74, 6) is 0. The average molecular weight is 805 g/mol. The van der Waals surface area contributed by atoms with Gasteiger partial charge in [-0.1, -0.05) is 188 Å². The highest BCUT2D eigenvalue weighted by atomic mass is 16.3. The van der Waals surface area contributed by atoms with E-state index in [1.807, 2.05) is 6.07 Å². The van der Waals surface area contributed by atoms with Crippen molar-refractivity contribution in [2.45, 2.75) is 0 Å². The largest absolute Gasteiger partial charge is 0.455 e. The van der Waals surface area contributed by atoms with Crippen molar-refractivity contribution in [3.63, 3.8) is 0 Å². The molecule has 296 valence electrons. The predicted octanol–water partition coefficient (Wildman–Crippen LogP) is 16.8. The van der Waals surface area contributed by atoms with E-state index in [1.54, 1.807) is 0 Å². The van der Waals surface area contributed by atoms with Crippen LogP contribution in [0, 0.1) is 0 Å². The zero-order chi connectivity index (χ0) is 41.7. The van der Waals surface area contributed by atoms with Crippen molar-refractivity contribution in [1.82, 2.24) is 4.57 Å². The van der Waals surface area contributed by atoms with Crippen LogP contribution in [0.15, 0.2) is 247 Å². The van der Waals surface area contributed by atoms with Gasteiger partial charge in [-0.2, -0.15) is 0 Å². The van der Waals surface area contributed by atoms with Crippen LogP contribution >= 0.6 is 0 Å². The van der Waals surface area contributed by atoms with Gasteiger partial charge in [-0.25, -0.2) is 0 Å². The first-order valence-electron chi connectivity index (χ1n) is 21.5. The molecule has 0 fully saturated rings. The van der Waals surface area contributed by atoms with Gasteiger partial charge in [0.15, 0.2) is 0 Å². The molecule has 12 aromatic rings. The molecule has 2 aromatic heterocycles. The molecular formula is C60H40N2O. The van der Waals surface area contributed by atoms with Crippen LogP contribution in [-0.2, 0) is 0 Å². The van der Waals surface area contributed by atoms with E-state index >= 15 is 0 Å². The third-order valence-electron chi connectivity index (χ3n) is 12.4. The predicted molar refractivity (Wildman–Crippen MR) is 264 cm³/mol. The summed E-state index contributed by atoms with van der Waals surface area (Å²) in [4.78, 5) is 2.41. The second-order valence-electron chi connectivity index (χ2n) is 16.0. The zero-order valence-corrected chi connectivity index (χ0v) is 34.4. The molecule has 0 aliphatic rings. The summed E-state index contributed by atoms with van der Waals surface area (Å²) >= 11 is 0. The molecule has 0 saturated carbocycles. The van der Waals surface area contributed by atoms with E-state index in [4.69, 9.17) is 4.42 Å². The van der Waals surface area contributed by atoms with E-state index in [-0.39, 0.29) is 0 Å². The van der Waals surface area contributed by atoms with Gasteiger partial charge in [0.2, 0.25) is 0 Å². The molecule has 0 amide bonds. The average Bonchev–Trinajstić information content (AvgIpc) is 3.91. The van der Waals surface area contributed by atoms with Crippen molar-refractivity contribution in [3.8, 4) is 50.2 Å². The first-order chi connectivity index (χ1) is 31.3. The Morgan fingerprint density at radius 2 is 0.889 bits per heavy atom. The van der Waals surface area contributed by atoms with Crippen LogP contribution in [0.3, 0.4) is 0 Å². The Balaban J connectivity index is 1.09. The van der Waals surface area contributed by atoms with E-state index in [0.717, 1.165) is 83.5 Å². The van der Waals surface area contributed by atoms with Crippen LogP contribution in [0.5, 0.6) is 0 Å². The van der Waals surface area contributed by atoms with Gasteiger partial charge >= 0.3 is 0 Å². The number of furan rings is 1. The standard InChI is InChI=1S/C60H40N2O/c1-4-19-41(20-5-1)46-25-10-11-26-47(46)43-35-38-57(54(39-43)42-21-6-2-7-22-42)61(44-23-8-3-9-24-44)45-36-37-50-48-27-12-15-32-55(48)62(58(50)40-45)56-33-16-13-28-49(56)52-30-18-31-53-51-29-14-17-34-59(51)63-60(52)53/h1-40H. The van der Waals surface area contributed by atoms with Crippen LogP contribution in [0.4, 0.5) is 17.1 Å². The summed E-state index contributed by atoms with van der Waals surface area (Å²) in [6, 6.07) is 87.1. The fourth-order valence-electron chi connectivity index (χ4n) is 9.57. The van der Waals surface area contributed by atoms with Crippen LogP contribution < -0.4 is 4.90 Å². The Morgan fingerprint density at radius 1 is 0.317 bits per heavy atom. The molecule has 63 heavy (non-hydrogen) atoms. The number of rotatable bonds is 8. The fraction of sp³-hybridized carbons (Fsp3) is 0. The highest BCUT2D eigenvalue weighted by Crippen LogP contribution is 2.46. The van der Waals surface area contributed by atoms with E-state index in [0.29, 0.717) is 0 Å². The van der Waals surface area contributed by atoms with Gasteiger partial charge in [0.1, 0.15) is 11.2 Å². The molecule has 0 atom stereocenters. The highest BCUT2D eigenvalue weighted by molar-refractivity contribution is 6.13. The number of aromatic nitrogens is 1. The number of hydrogen-bond acceptors (Lipinski definition) is 2. The van der Waals surface area contributed by atoms with Gasteiger partial charge in [-0.05, 0) is 82.4 Å². The summed E-state index contributed by atoms with van der Waals surface area (Å²) in [7, 11) is 0. The minimum Gasteiger partial charge on any atom is -0.455 e. The maximum absolute atomic E-state index is 6.63. The molecule has 0 bridgehead atoms. The van der Waals surface area contributed by atoms with E-state index in [2.05, 4.69) is 246 Å². The Kier molecular flexibility index (Phi) is 8.83. The van der Waals surface area contributed by atoms with Crippen LogP contribution in [0.25, 0.3) is 93.9 Å². The quantitative estimate of drug-likeness (QED) is 0.153. The van der Waals surface area contributed by atoms with Gasteiger partial charge in [0.25, 0.3) is 0 Å². The number of hydrogen-bond donors (Lipinski definition) is 0. The maximum atomic E-state index is 6.63. The number of nitrogens with zero attached hydrogens (tertiary/aromatic N) is 2. The van der Waals surface area contributed by atoms with Gasteiger partial charge in [0.05, 0.1) is 22.4 Å². The van der Waals surface area contributed by atoms with Crippen molar-refractivity contribution in [2.75, 3.05) is 4.90 Å². The number of anilines is 3. The van der Waals surface area contributed by atoms with Crippen LogP contribution in [0.1, 0.15) is 0 Å². The van der Waals surface area contributed by atoms with Crippen molar-refractivity contribution < 1.29 is 4.42 Å². The van der Waals surface area contributed by atoms with Gasteiger partial charge in [-0.3, -0.25) is 0 Å². The number of benzene rings is 10. The molecule has 0 saturated heterocycles. The van der Waals surface area contributed by atoms with Crippen LogP contribution in [-0.4, -0.2) is 4.57 Å². The molecule has 12 rings (SSSR count). The molecule has 10 aromatic carbocycles. The van der Waals surface area contributed by atoms with Crippen molar-refractivity contribution >= 4 is 60.8 Å². The minimum atomic E-state index is 0.892. The minimum absolute atomic E-state index is 0.892. The first-order valence-corrected chi connectivity index (χ1v) is 21.5. The third-order valence-corrected chi connectivity index (χ3v) is 12.4. The van der Waals surface area contributed by atoms with Gasteiger partial charge in [0, 0.05) is 49.6 Å². The lowest BCUT2D eigenvalue weighted by molar-refractivity contribution is 0.670. The fourth-order valence-corrected chi connectivity index (χ4v) is 9.57. The smallest absolute Gasteiger partial charge is 0.143 e. The number of para-hydroxylation sites is 5. The monoisotopic (exact) mass is 804 g/mol. The van der Waals surface area contributed by atoms with Crippen LogP contribution in [0.2, 0.25) is 0 Å². The van der Waals surface area contributed by atoms with Crippen molar-refractivity contribution in [1.29, 1.82) is 0 Å². The topological polar surface area (TPSA) is 21.3 Å². The molecule has 0 aliphatic heterocycles. The van der Waals surface area contributed by atoms with Gasteiger partial charge < -0.3 is 13.9 Å². The van der Waals surface area contributed by atoms with E-state index in [1.165, 1.54) is 27.5 Å². The van der Waals surface area contributed by atoms with Crippen molar-refractivity contribution in [2.24, 2.45) is 0 Å². The Hall–Kier alpha value is -8.40. The molecule has 0 spiro atoms. The molecular weight excluding hydrogens is 765 g/mol. The lowest BCUT2D eigenvalue weighted by Crippen LogP contribution is -2.11. The molecule has 2 heterocycles. The first kappa shape index (κ1) is 36.5. The normalized spacial score (nSPS) is 11.5. The zero-order valence-electron chi connectivity index (χ0n) is 34.4. The maximum Gasteiger partial charge on any atom is 0.143 e. The molecule has 3 heteroatoms. The Labute approximate surface area is 366 Å². The Bertz CT molecular complexity index is 3620. The summed E-state index contributed by atoms with van der Waals surface area (Å²) in [6.07, 6.45) is 0. The van der Waals surface area contributed by atoms with Gasteiger partial charge in [-0.15, -0.1) is 0 Å². The molecule has 3 nitrogen and oxygen atoms in total. The molecule has 0 N–H and O–H groups in total. The second kappa shape index (κ2) is 15.3. The molecule has 0 radical (unpaired) electrons. The van der Waals surface area contributed by atoms with E-state index < -0.39 is 0 Å². The summed E-state index contributed by atoms with van der Waals surface area (Å²) in [5, 5.41) is 4.63. The molecule has 0 unspecified atom stereocenters. The Morgan fingerprint density at radius 3 is 1.67 bits per heavy atom. The second-order valence-corrected chi connectivity index (χ2v) is 16.0. The van der Waals surface area contributed by atoms with Crippen molar-refractivity contribution in [3.05, 3.63) is 243 Å². The lowest BCUT2D eigenvalue weighted by atomic mass is 9.91. The summed E-state index contributed by atoms with van der Waals surface area (Å²) < 4.78 is 9.07. The lowest BCUT2D eigenvalue weighted by Gasteiger charge is -2.29. The summed E-state index contributed by atoms with van der Waals surface area (Å²) in [6.45, 7) is 0. The van der Waals surface area contributed by atoms with E-state index in [9.17, 15) is 0 Å². The molecule has 0 aliphatic carbocycles. The third kappa shape index (κ3) is 6.21.